The molecule has 1 aromatic heterocycles. The Morgan fingerprint density at radius 2 is 1.77 bits per heavy atom. The Morgan fingerprint density at radius 3 is 2.43 bits per heavy atom. The minimum atomic E-state index is -3.67. The van der Waals surface area contributed by atoms with E-state index in [2.05, 4.69) is 31.1 Å². The second-order valence-electron chi connectivity index (χ2n) is 7.91. The number of aromatic nitrogens is 1. The number of amides is 1. The number of H-pyrrole nitrogens is 1. The van der Waals surface area contributed by atoms with Gasteiger partial charge in [0.15, 0.2) is 5.69 Å². The molecule has 35 heavy (non-hydrogen) atoms. The van der Waals surface area contributed by atoms with Crippen LogP contribution in [-0.4, -0.2) is 35.8 Å². The predicted molar refractivity (Wildman–Crippen MR) is 133 cm³/mol. The van der Waals surface area contributed by atoms with Crippen LogP contribution in [0.3, 0.4) is 0 Å². The van der Waals surface area contributed by atoms with Crippen molar-refractivity contribution < 1.29 is 22.7 Å². The molecule has 11 heteroatoms. The molecule has 4 rings (SSSR count). The number of aromatic hydroxyl groups is 1. The van der Waals surface area contributed by atoms with E-state index in [4.69, 9.17) is 0 Å². The smallest absolute Gasteiger partial charge is 0.295 e. The van der Waals surface area contributed by atoms with E-state index in [-0.39, 0.29) is 34.0 Å². The molecule has 0 fully saturated rings. The van der Waals surface area contributed by atoms with Crippen LogP contribution < -0.4 is 0 Å². The summed E-state index contributed by atoms with van der Waals surface area (Å²) in [6.07, 6.45) is 0. The van der Waals surface area contributed by atoms with Crippen LogP contribution >= 0.6 is 15.9 Å². The molecule has 2 N–H and O–H groups in total. The van der Waals surface area contributed by atoms with Crippen molar-refractivity contribution in [1.82, 2.24) is 9.29 Å². The Labute approximate surface area is 209 Å². The Bertz CT molecular complexity index is 1550. The first kappa shape index (κ1) is 24.7. The highest BCUT2D eigenvalue weighted by Gasteiger charge is 2.21. The van der Waals surface area contributed by atoms with Crippen LogP contribution in [0, 0.1) is 12.7 Å². The Balaban J connectivity index is 1.49. The molecule has 1 heterocycles. The van der Waals surface area contributed by atoms with Crippen LogP contribution in [-0.2, 0) is 16.6 Å². The molecule has 0 unspecified atom stereocenters. The van der Waals surface area contributed by atoms with Crippen molar-refractivity contribution >= 4 is 48.5 Å². The molecular weight excluding hydrogens is 539 g/mol. The first-order chi connectivity index (χ1) is 16.6. The van der Waals surface area contributed by atoms with Gasteiger partial charge >= 0.3 is 0 Å². The van der Waals surface area contributed by atoms with Crippen molar-refractivity contribution in [2.75, 3.05) is 7.05 Å². The molecule has 0 bridgehead atoms. The number of hydrogen-bond donors (Lipinski definition) is 2. The highest BCUT2D eigenvalue weighted by Crippen LogP contribution is 2.39. The molecule has 4 aromatic rings. The maximum atomic E-state index is 13.8. The fraction of sp³-hybridized carbons (Fsp3) is 0.125. The average molecular weight is 559 g/mol. The zero-order chi connectivity index (χ0) is 25.3. The van der Waals surface area contributed by atoms with E-state index in [9.17, 15) is 22.7 Å². The predicted octanol–water partition coefficient (Wildman–Crippen LogP) is 5.83. The molecule has 0 aliphatic heterocycles. The summed E-state index contributed by atoms with van der Waals surface area (Å²) >= 11 is 3.20. The van der Waals surface area contributed by atoms with Gasteiger partial charge < -0.3 is 10.1 Å². The third-order valence-electron chi connectivity index (χ3n) is 5.35. The number of rotatable bonds is 6. The van der Waals surface area contributed by atoms with Gasteiger partial charge in [0.1, 0.15) is 5.82 Å². The van der Waals surface area contributed by atoms with Crippen molar-refractivity contribution in [2.45, 2.75) is 18.4 Å². The third-order valence-corrected chi connectivity index (χ3v) is 7.80. The topological polar surface area (TPSA) is 115 Å². The number of aromatic amines is 1. The third kappa shape index (κ3) is 5.16. The van der Waals surface area contributed by atoms with Gasteiger partial charge in [-0.2, -0.15) is 4.31 Å². The number of halogens is 2. The van der Waals surface area contributed by atoms with Gasteiger partial charge in [0.05, 0.1) is 10.4 Å². The van der Waals surface area contributed by atoms with E-state index in [1.807, 2.05) is 6.92 Å². The Hall–Kier alpha value is -3.41. The molecule has 0 radical (unpaired) electrons. The molecule has 0 aliphatic rings. The number of aryl methyl sites for hydroxylation is 1. The SMILES string of the molecule is Cc1ccc(S(=O)(=O)N(C)Cc2ccc(C(=O)N=Nc3c(O)[nH]c4c(Br)cc(F)cc34)cc2)cc1. The van der Waals surface area contributed by atoms with Crippen LogP contribution in [0.5, 0.6) is 5.88 Å². The lowest BCUT2D eigenvalue weighted by molar-refractivity contribution is 0.0995. The quantitative estimate of drug-likeness (QED) is 0.289. The fourth-order valence-electron chi connectivity index (χ4n) is 3.43. The first-order valence-electron chi connectivity index (χ1n) is 10.3. The number of benzene rings is 3. The van der Waals surface area contributed by atoms with Gasteiger partial charge in [0, 0.05) is 29.0 Å². The lowest BCUT2D eigenvalue weighted by Crippen LogP contribution is -2.26. The molecule has 1 amide bonds. The van der Waals surface area contributed by atoms with Gasteiger partial charge in [-0.25, -0.2) is 12.8 Å². The molecule has 0 saturated carbocycles. The zero-order valence-electron chi connectivity index (χ0n) is 18.7. The first-order valence-corrected chi connectivity index (χ1v) is 12.6. The highest BCUT2D eigenvalue weighted by molar-refractivity contribution is 9.10. The van der Waals surface area contributed by atoms with Gasteiger partial charge in [0.25, 0.3) is 5.91 Å². The van der Waals surface area contributed by atoms with E-state index in [1.165, 1.54) is 35.6 Å². The fourth-order valence-corrected chi connectivity index (χ4v) is 5.12. The summed E-state index contributed by atoms with van der Waals surface area (Å²) in [5.74, 6) is -1.58. The number of carbonyl (C=O) groups is 1. The molecule has 3 aromatic carbocycles. The number of sulfonamides is 1. The van der Waals surface area contributed by atoms with Crippen molar-refractivity contribution in [3.8, 4) is 5.88 Å². The molecule has 0 saturated heterocycles. The number of carbonyl (C=O) groups excluding carboxylic acids is 1. The standard InChI is InChI=1S/C24H20BrFN4O4S/c1-14-3-9-18(10-4-14)35(33,34)30(2)13-15-5-7-16(8-6-15)23(31)29-28-22-19-11-17(26)12-20(25)21(19)27-24(22)32/h3-12,27,32H,13H2,1-2H3. The van der Waals surface area contributed by atoms with E-state index in [0.717, 1.165) is 5.56 Å². The summed E-state index contributed by atoms with van der Waals surface area (Å²) in [5, 5.41) is 17.8. The summed E-state index contributed by atoms with van der Waals surface area (Å²) in [7, 11) is -2.18. The van der Waals surface area contributed by atoms with Crippen molar-refractivity contribution in [1.29, 1.82) is 0 Å². The molecular formula is C24H20BrFN4O4S. The van der Waals surface area contributed by atoms with Crippen LogP contribution in [0.25, 0.3) is 10.9 Å². The minimum Gasteiger partial charge on any atom is -0.493 e. The summed E-state index contributed by atoms with van der Waals surface area (Å²) in [4.78, 5) is 15.3. The molecule has 180 valence electrons. The summed E-state index contributed by atoms with van der Waals surface area (Å²) < 4.78 is 40.9. The van der Waals surface area contributed by atoms with Crippen LogP contribution in [0.15, 0.2) is 80.3 Å². The second kappa shape index (κ2) is 9.68. The average Bonchev–Trinajstić information content (AvgIpc) is 3.13. The Morgan fingerprint density at radius 1 is 1.11 bits per heavy atom. The summed E-state index contributed by atoms with van der Waals surface area (Å²) in [6.45, 7) is 1.99. The summed E-state index contributed by atoms with van der Waals surface area (Å²) in [6, 6.07) is 15.3. The van der Waals surface area contributed by atoms with Gasteiger partial charge in [-0.15, -0.1) is 10.2 Å². The van der Waals surface area contributed by atoms with Crippen molar-refractivity contribution in [3.05, 3.63) is 87.6 Å². The van der Waals surface area contributed by atoms with E-state index < -0.39 is 21.7 Å². The maximum absolute atomic E-state index is 13.8. The number of hydrogen-bond acceptors (Lipinski definition) is 5. The van der Waals surface area contributed by atoms with Crippen molar-refractivity contribution in [3.63, 3.8) is 0 Å². The summed E-state index contributed by atoms with van der Waals surface area (Å²) in [5.41, 5.74) is 2.20. The van der Waals surface area contributed by atoms with E-state index >= 15 is 0 Å². The molecule has 0 atom stereocenters. The number of nitrogens with one attached hydrogen (secondary N) is 1. The zero-order valence-corrected chi connectivity index (χ0v) is 21.1. The van der Waals surface area contributed by atoms with Gasteiger partial charge in [0.2, 0.25) is 15.9 Å². The van der Waals surface area contributed by atoms with Crippen LogP contribution in [0.1, 0.15) is 21.5 Å². The molecule has 8 nitrogen and oxygen atoms in total. The van der Waals surface area contributed by atoms with Gasteiger partial charge in [-0.1, -0.05) is 29.8 Å². The number of fused-ring (bicyclic) bond motifs is 1. The van der Waals surface area contributed by atoms with Crippen molar-refractivity contribution in [2.24, 2.45) is 10.2 Å². The van der Waals surface area contributed by atoms with Gasteiger partial charge in [-0.3, -0.25) is 4.79 Å². The normalized spacial score (nSPS) is 12.1. The number of nitrogens with zero attached hydrogens (tertiary/aromatic N) is 3. The monoisotopic (exact) mass is 558 g/mol. The Kier molecular flexibility index (Phi) is 6.84. The number of azo groups is 1. The lowest BCUT2D eigenvalue weighted by Gasteiger charge is -2.17. The van der Waals surface area contributed by atoms with Gasteiger partial charge in [-0.05, 0) is 64.8 Å². The van der Waals surface area contributed by atoms with E-state index in [1.54, 1.807) is 36.4 Å². The molecule has 0 aliphatic carbocycles. The minimum absolute atomic E-state index is 0.0619. The largest absolute Gasteiger partial charge is 0.493 e. The van der Waals surface area contributed by atoms with Crippen LogP contribution in [0.4, 0.5) is 10.1 Å². The molecule has 0 spiro atoms. The van der Waals surface area contributed by atoms with E-state index in [0.29, 0.717) is 15.6 Å². The second-order valence-corrected chi connectivity index (χ2v) is 10.8. The lowest BCUT2D eigenvalue weighted by atomic mass is 10.1. The highest BCUT2D eigenvalue weighted by atomic mass is 79.9. The van der Waals surface area contributed by atoms with Crippen LogP contribution in [0.2, 0.25) is 0 Å². The maximum Gasteiger partial charge on any atom is 0.295 e.